The fourth-order valence-corrected chi connectivity index (χ4v) is 6.04. The molecule has 0 aliphatic carbocycles. The van der Waals surface area contributed by atoms with E-state index in [1.54, 1.807) is 0 Å². The number of carboxylic acids is 1. The van der Waals surface area contributed by atoms with Gasteiger partial charge in [0.05, 0.1) is 30.8 Å². The molecular weight excluding hydrogens is 478 g/mol. The highest BCUT2D eigenvalue weighted by Crippen LogP contribution is 2.47. The van der Waals surface area contributed by atoms with Crippen molar-refractivity contribution in [3.8, 4) is 16.9 Å². The lowest BCUT2D eigenvalue weighted by atomic mass is 9.87. The molecule has 1 N–H and O–H groups in total. The number of carboxylic acid groups (broad SMARTS) is 1. The summed E-state index contributed by atoms with van der Waals surface area (Å²) in [5.74, 6) is -0.0256. The van der Waals surface area contributed by atoms with Gasteiger partial charge in [-0.2, -0.15) is 0 Å². The molecule has 7 nitrogen and oxygen atoms in total. The third-order valence-corrected chi connectivity index (χ3v) is 7.76. The average Bonchev–Trinajstić information content (AvgIpc) is 3.18. The Labute approximate surface area is 225 Å². The lowest BCUT2D eigenvalue weighted by molar-refractivity contribution is -0.136. The number of aryl methyl sites for hydroxylation is 2. The molecule has 0 unspecified atom stereocenters. The molecule has 7 heteroatoms. The maximum absolute atomic E-state index is 12.2. The Morgan fingerprint density at radius 1 is 1.03 bits per heavy atom. The van der Waals surface area contributed by atoms with Gasteiger partial charge < -0.3 is 24.0 Å². The highest BCUT2D eigenvalue weighted by atomic mass is 16.5. The second kappa shape index (κ2) is 10.3. The van der Waals surface area contributed by atoms with Crippen LogP contribution in [0.2, 0.25) is 0 Å². The van der Waals surface area contributed by atoms with Crippen LogP contribution in [0.15, 0.2) is 24.3 Å². The molecule has 5 rings (SSSR count). The molecule has 0 saturated carbocycles. The van der Waals surface area contributed by atoms with Crippen LogP contribution in [0.4, 0.5) is 5.69 Å². The first-order valence-corrected chi connectivity index (χ1v) is 13.8. The van der Waals surface area contributed by atoms with E-state index in [2.05, 4.69) is 59.4 Å². The van der Waals surface area contributed by atoms with Gasteiger partial charge in [0.2, 0.25) is 0 Å². The largest absolute Gasteiger partial charge is 0.487 e. The van der Waals surface area contributed by atoms with Gasteiger partial charge >= 0.3 is 5.97 Å². The SMILES string of the molecule is Cc1ccc(-c2c(CC(=O)O)c(C)c3c4c2cc(C)n4CCN3CCN2CCOCC2)c(OC(C)(C)C)c1. The van der Waals surface area contributed by atoms with Crippen molar-refractivity contribution in [2.24, 2.45) is 0 Å². The van der Waals surface area contributed by atoms with Crippen molar-refractivity contribution in [3.63, 3.8) is 0 Å². The van der Waals surface area contributed by atoms with Crippen LogP contribution in [0.5, 0.6) is 5.75 Å². The van der Waals surface area contributed by atoms with E-state index in [0.717, 1.165) is 91.4 Å². The summed E-state index contributed by atoms with van der Waals surface area (Å²) in [6, 6.07) is 8.51. The lowest BCUT2D eigenvalue weighted by Gasteiger charge is -2.36. The second-order valence-corrected chi connectivity index (χ2v) is 11.8. The highest BCUT2D eigenvalue weighted by molar-refractivity contribution is 6.08. The van der Waals surface area contributed by atoms with Gasteiger partial charge in [-0.1, -0.05) is 12.1 Å². The Bertz CT molecular complexity index is 1360. The number of aromatic nitrogens is 1. The summed E-state index contributed by atoms with van der Waals surface area (Å²) in [6.45, 7) is 19.7. The minimum Gasteiger partial charge on any atom is -0.487 e. The number of carbonyl (C=O) groups is 1. The molecule has 0 atom stereocenters. The van der Waals surface area contributed by atoms with Gasteiger partial charge in [-0.15, -0.1) is 0 Å². The third-order valence-electron chi connectivity index (χ3n) is 7.76. The van der Waals surface area contributed by atoms with Crippen molar-refractivity contribution in [3.05, 3.63) is 46.6 Å². The van der Waals surface area contributed by atoms with Crippen molar-refractivity contribution in [2.75, 3.05) is 50.8 Å². The predicted octanol–water partition coefficient (Wildman–Crippen LogP) is 5.19. The standard InChI is InChI=1S/C31H41N3O4/c1-20-7-8-23(26(17-20)38-31(4,5)6)28-24(19-27(35)36)22(3)29-30-25(28)18-21(2)34(30)12-11-33(29)10-9-32-13-15-37-16-14-32/h7-8,17-18H,9-16,19H2,1-6H3,(H,35,36). The summed E-state index contributed by atoms with van der Waals surface area (Å²) in [5.41, 5.74) is 8.19. The first kappa shape index (κ1) is 26.6. The van der Waals surface area contributed by atoms with Crippen molar-refractivity contribution in [1.29, 1.82) is 0 Å². The Balaban J connectivity index is 1.71. The molecule has 0 radical (unpaired) electrons. The Morgan fingerprint density at radius 3 is 2.45 bits per heavy atom. The number of aliphatic carboxylic acids is 1. The first-order valence-electron chi connectivity index (χ1n) is 13.8. The van der Waals surface area contributed by atoms with Crippen LogP contribution >= 0.6 is 0 Å². The van der Waals surface area contributed by atoms with Gasteiger partial charge in [-0.25, -0.2) is 0 Å². The summed E-state index contributed by atoms with van der Waals surface area (Å²) < 4.78 is 14.4. The van der Waals surface area contributed by atoms with E-state index in [1.807, 2.05) is 20.8 Å². The van der Waals surface area contributed by atoms with E-state index in [0.29, 0.717) is 0 Å². The fourth-order valence-electron chi connectivity index (χ4n) is 6.04. The van der Waals surface area contributed by atoms with Gasteiger partial charge in [-0.05, 0) is 75.9 Å². The van der Waals surface area contributed by atoms with Gasteiger partial charge in [0.15, 0.2) is 0 Å². The number of ether oxygens (including phenoxy) is 2. The number of rotatable bonds is 7. The summed E-state index contributed by atoms with van der Waals surface area (Å²) in [4.78, 5) is 17.2. The quantitative estimate of drug-likeness (QED) is 0.463. The average molecular weight is 520 g/mol. The predicted molar refractivity (Wildman–Crippen MR) is 153 cm³/mol. The number of anilines is 1. The molecule has 38 heavy (non-hydrogen) atoms. The molecular formula is C31H41N3O4. The molecule has 2 aromatic carbocycles. The smallest absolute Gasteiger partial charge is 0.307 e. The molecule has 0 bridgehead atoms. The summed E-state index contributed by atoms with van der Waals surface area (Å²) in [5, 5.41) is 11.2. The number of nitrogens with zero attached hydrogens (tertiary/aromatic N) is 3. The van der Waals surface area contributed by atoms with Crippen LogP contribution in [0, 0.1) is 20.8 Å². The number of hydrogen-bond donors (Lipinski definition) is 1. The lowest BCUT2D eigenvalue weighted by Crippen LogP contribution is -2.43. The maximum Gasteiger partial charge on any atom is 0.307 e. The van der Waals surface area contributed by atoms with Gasteiger partial charge in [0.1, 0.15) is 11.4 Å². The zero-order valence-corrected chi connectivity index (χ0v) is 23.7. The zero-order chi connectivity index (χ0) is 27.2. The van der Waals surface area contributed by atoms with Crippen LogP contribution in [-0.2, 0) is 22.5 Å². The number of benzene rings is 2. The van der Waals surface area contributed by atoms with Gasteiger partial charge in [0, 0.05) is 55.9 Å². The molecule has 0 spiro atoms. The van der Waals surface area contributed by atoms with E-state index in [-0.39, 0.29) is 12.0 Å². The Hall–Kier alpha value is -3.03. The molecule has 1 aromatic heterocycles. The summed E-state index contributed by atoms with van der Waals surface area (Å²) >= 11 is 0. The second-order valence-electron chi connectivity index (χ2n) is 11.8. The van der Waals surface area contributed by atoms with E-state index in [4.69, 9.17) is 9.47 Å². The number of hydrogen-bond acceptors (Lipinski definition) is 5. The molecule has 3 aromatic rings. The summed E-state index contributed by atoms with van der Waals surface area (Å²) in [7, 11) is 0. The molecule has 1 fully saturated rings. The monoisotopic (exact) mass is 519 g/mol. The first-order chi connectivity index (χ1) is 18.0. The minimum atomic E-state index is -0.821. The zero-order valence-electron chi connectivity index (χ0n) is 23.7. The topological polar surface area (TPSA) is 67.2 Å². The van der Waals surface area contributed by atoms with E-state index in [1.165, 1.54) is 16.9 Å². The number of morpholine rings is 1. The molecule has 1 saturated heterocycles. The van der Waals surface area contributed by atoms with Crippen LogP contribution in [-0.4, -0.2) is 72.1 Å². The molecule has 0 amide bonds. The van der Waals surface area contributed by atoms with Crippen LogP contribution in [0.25, 0.3) is 22.0 Å². The van der Waals surface area contributed by atoms with Crippen LogP contribution < -0.4 is 9.64 Å². The van der Waals surface area contributed by atoms with Gasteiger partial charge in [0.25, 0.3) is 0 Å². The van der Waals surface area contributed by atoms with Crippen molar-refractivity contribution in [2.45, 2.75) is 60.1 Å². The van der Waals surface area contributed by atoms with Crippen LogP contribution in [0.1, 0.15) is 43.2 Å². The van der Waals surface area contributed by atoms with E-state index in [9.17, 15) is 9.90 Å². The molecule has 2 aliphatic rings. The van der Waals surface area contributed by atoms with E-state index >= 15 is 0 Å². The third kappa shape index (κ3) is 5.14. The fraction of sp³-hybridized carbons (Fsp3) is 0.516. The van der Waals surface area contributed by atoms with Crippen LogP contribution in [0.3, 0.4) is 0 Å². The minimum absolute atomic E-state index is 0.0333. The van der Waals surface area contributed by atoms with Crippen molar-refractivity contribution in [1.82, 2.24) is 9.47 Å². The summed E-state index contributed by atoms with van der Waals surface area (Å²) in [6.07, 6.45) is -0.0333. The maximum atomic E-state index is 12.2. The van der Waals surface area contributed by atoms with Gasteiger partial charge in [-0.3, -0.25) is 9.69 Å². The van der Waals surface area contributed by atoms with E-state index < -0.39 is 5.97 Å². The molecule has 204 valence electrons. The molecule has 3 heterocycles. The Morgan fingerprint density at radius 2 is 1.76 bits per heavy atom. The van der Waals surface area contributed by atoms with Crippen molar-refractivity contribution >= 4 is 22.6 Å². The van der Waals surface area contributed by atoms with Crippen molar-refractivity contribution < 1.29 is 19.4 Å². The molecule has 2 aliphatic heterocycles. The highest BCUT2D eigenvalue weighted by Gasteiger charge is 2.30. The normalized spacial score (nSPS) is 16.3. The Kier molecular flexibility index (Phi) is 7.18.